The molecular formula is C16H17N5O. The second kappa shape index (κ2) is 5.85. The van der Waals surface area contributed by atoms with Gasteiger partial charge in [-0.3, -0.25) is 9.89 Å². The maximum absolute atomic E-state index is 12.4. The van der Waals surface area contributed by atoms with Crippen LogP contribution >= 0.6 is 0 Å². The van der Waals surface area contributed by atoms with Gasteiger partial charge in [0, 0.05) is 17.7 Å². The highest BCUT2D eigenvalue weighted by Crippen LogP contribution is 2.19. The van der Waals surface area contributed by atoms with E-state index in [0.29, 0.717) is 18.1 Å². The molecular weight excluding hydrogens is 278 g/mol. The van der Waals surface area contributed by atoms with Gasteiger partial charge < -0.3 is 5.32 Å². The molecule has 2 aromatic heterocycles. The molecule has 2 heterocycles. The highest BCUT2D eigenvalue weighted by Gasteiger charge is 2.14. The molecule has 0 spiro atoms. The molecule has 22 heavy (non-hydrogen) atoms. The molecule has 6 nitrogen and oxygen atoms in total. The van der Waals surface area contributed by atoms with Gasteiger partial charge in [0.2, 0.25) is 0 Å². The van der Waals surface area contributed by atoms with Gasteiger partial charge in [-0.15, -0.1) is 0 Å². The van der Waals surface area contributed by atoms with Crippen molar-refractivity contribution >= 4 is 11.7 Å². The average molecular weight is 295 g/mol. The van der Waals surface area contributed by atoms with Crippen molar-refractivity contribution < 1.29 is 4.79 Å². The summed E-state index contributed by atoms with van der Waals surface area (Å²) in [5.41, 5.74) is 3.05. The minimum Gasteiger partial charge on any atom is -0.305 e. The molecule has 0 saturated heterocycles. The number of rotatable bonds is 4. The number of carbonyl (C=O) groups is 1. The number of anilines is 1. The molecule has 112 valence electrons. The molecule has 6 heteroatoms. The van der Waals surface area contributed by atoms with E-state index in [2.05, 4.69) is 20.6 Å². The molecule has 0 atom stereocenters. The lowest BCUT2D eigenvalue weighted by Gasteiger charge is -2.07. The number of nitrogens with one attached hydrogen (secondary N) is 2. The summed E-state index contributed by atoms with van der Waals surface area (Å²) in [7, 11) is 0. The maximum Gasteiger partial charge on any atom is 0.274 e. The Morgan fingerprint density at radius 2 is 2.09 bits per heavy atom. The van der Waals surface area contributed by atoms with Crippen molar-refractivity contribution in [3.63, 3.8) is 0 Å². The van der Waals surface area contributed by atoms with E-state index in [9.17, 15) is 4.79 Å². The van der Waals surface area contributed by atoms with Gasteiger partial charge in [0.25, 0.3) is 5.91 Å². The standard InChI is InChI=1S/C16H17N5O/c1-3-21-15(11(2)10-17-21)18-16(22)14-9-13(19-20-14)12-7-5-4-6-8-12/h4-10H,3H2,1-2H3,(H,18,22)(H,19,20). The van der Waals surface area contributed by atoms with Gasteiger partial charge in [0.05, 0.1) is 11.9 Å². The Morgan fingerprint density at radius 1 is 1.32 bits per heavy atom. The monoisotopic (exact) mass is 295 g/mol. The first-order chi connectivity index (χ1) is 10.7. The second-order valence-corrected chi connectivity index (χ2v) is 4.98. The van der Waals surface area contributed by atoms with Gasteiger partial charge in [-0.05, 0) is 19.9 Å². The summed E-state index contributed by atoms with van der Waals surface area (Å²) in [5.74, 6) is 0.483. The highest BCUT2D eigenvalue weighted by molar-refractivity contribution is 6.03. The van der Waals surface area contributed by atoms with Gasteiger partial charge in [0.1, 0.15) is 11.5 Å². The third kappa shape index (κ3) is 2.63. The molecule has 0 radical (unpaired) electrons. The van der Waals surface area contributed by atoms with Crippen LogP contribution in [0.2, 0.25) is 0 Å². The SMILES string of the molecule is CCn1ncc(C)c1NC(=O)c1cc(-c2ccccc2)n[nH]1. The van der Waals surface area contributed by atoms with Crippen LogP contribution in [-0.4, -0.2) is 25.9 Å². The first-order valence-electron chi connectivity index (χ1n) is 7.13. The maximum atomic E-state index is 12.4. The van der Waals surface area contributed by atoms with Crippen molar-refractivity contribution in [3.05, 3.63) is 53.9 Å². The molecule has 2 N–H and O–H groups in total. The molecule has 3 aromatic rings. The van der Waals surface area contributed by atoms with Gasteiger partial charge in [0.15, 0.2) is 0 Å². The zero-order chi connectivity index (χ0) is 15.5. The Bertz CT molecular complexity index is 788. The lowest BCUT2D eigenvalue weighted by molar-refractivity contribution is 0.102. The summed E-state index contributed by atoms with van der Waals surface area (Å²) in [6.45, 7) is 4.59. The quantitative estimate of drug-likeness (QED) is 0.777. The predicted octanol–water partition coefficient (Wildman–Crippen LogP) is 2.85. The topological polar surface area (TPSA) is 75.6 Å². The van der Waals surface area contributed by atoms with Crippen LogP contribution in [0.5, 0.6) is 0 Å². The van der Waals surface area contributed by atoms with Crippen molar-refractivity contribution in [1.82, 2.24) is 20.0 Å². The van der Waals surface area contributed by atoms with Crippen LogP contribution < -0.4 is 5.32 Å². The second-order valence-electron chi connectivity index (χ2n) is 4.98. The van der Waals surface area contributed by atoms with E-state index in [1.54, 1.807) is 16.9 Å². The molecule has 0 saturated carbocycles. The van der Waals surface area contributed by atoms with E-state index in [0.717, 1.165) is 16.8 Å². The summed E-state index contributed by atoms with van der Waals surface area (Å²) in [4.78, 5) is 12.4. The van der Waals surface area contributed by atoms with Crippen molar-refractivity contribution in [2.24, 2.45) is 0 Å². The fraction of sp³-hybridized carbons (Fsp3) is 0.188. The van der Waals surface area contributed by atoms with E-state index in [1.807, 2.05) is 44.2 Å². The number of aromatic amines is 1. The van der Waals surface area contributed by atoms with Crippen molar-refractivity contribution in [3.8, 4) is 11.3 Å². The number of nitrogens with zero attached hydrogens (tertiary/aromatic N) is 3. The lowest BCUT2D eigenvalue weighted by atomic mass is 10.1. The molecule has 0 aliphatic rings. The number of aromatic nitrogens is 4. The Balaban J connectivity index is 1.82. The van der Waals surface area contributed by atoms with Crippen LogP contribution in [-0.2, 0) is 6.54 Å². The number of carbonyl (C=O) groups excluding carboxylic acids is 1. The molecule has 1 amide bonds. The highest BCUT2D eigenvalue weighted by atomic mass is 16.2. The minimum atomic E-state index is -0.229. The third-order valence-electron chi connectivity index (χ3n) is 3.45. The largest absolute Gasteiger partial charge is 0.305 e. The van der Waals surface area contributed by atoms with E-state index in [-0.39, 0.29) is 5.91 Å². The van der Waals surface area contributed by atoms with Crippen LogP contribution in [0.25, 0.3) is 11.3 Å². The number of benzene rings is 1. The lowest BCUT2D eigenvalue weighted by Crippen LogP contribution is -2.16. The minimum absolute atomic E-state index is 0.229. The van der Waals surface area contributed by atoms with Crippen LogP contribution in [0.3, 0.4) is 0 Å². The molecule has 0 bridgehead atoms. The third-order valence-corrected chi connectivity index (χ3v) is 3.45. The number of aryl methyl sites for hydroxylation is 2. The first kappa shape index (κ1) is 14.1. The van der Waals surface area contributed by atoms with Crippen molar-refractivity contribution in [2.75, 3.05) is 5.32 Å². The zero-order valence-electron chi connectivity index (χ0n) is 12.5. The number of H-pyrrole nitrogens is 1. The Kier molecular flexibility index (Phi) is 3.74. The summed E-state index contributed by atoms with van der Waals surface area (Å²) in [5, 5.41) is 14.1. The first-order valence-corrected chi connectivity index (χ1v) is 7.13. The van der Waals surface area contributed by atoms with Crippen molar-refractivity contribution in [1.29, 1.82) is 0 Å². The van der Waals surface area contributed by atoms with E-state index in [1.165, 1.54) is 0 Å². The molecule has 1 aromatic carbocycles. The number of hydrogen-bond acceptors (Lipinski definition) is 3. The zero-order valence-corrected chi connectivity index (χ0v) is 12.5. The van der Waals surface area contributed by atoms with Gasteiger partial charge in [-0.1, -0.05) is 30.3 Å². The Morgan fingerprint density at radius 3 is 2.82 bits per heavy atom. The van der Waals surface area contributed by atoms with Crippen LogP contribution in [0.1, 0.15) is 23.0 Å². The van der Waals surface area contributed by atoms with Crippen LogP contribution in [0.15, 0.2) is 42.6 Å². The van der Waals surface area contributed by atoms with Crippen LogP contribution in [0, 0.1) is 6.92 Å². The van der Waals surface area contributed by atoms with E-state index in [4.69, 9.17) is 0 Å². The summed E-state index contributed by atoms with van der Waals surface area (Å²) < 4.78 is 1.75. The van der Waals surface area contributed by atoms with Gasteiger partial charge >= 0.3 is 0 Å². The Hall–Kier alpha value is -2.89. The molecule has 0 fully saturated rings. The smallest absolute Gasteiger partial charge is 0.274 e. The van der Waals surface area contributed by atoms with Crippen molar-refractivity contribution in [2.45, 2.75) is 20.4 Å². The normalized spacial score (nSPS) is 10.6. The van der Waals surface area contributed by atoms with E-state index >= 15 is 0 Å². The summed E-state index contributed by atoms with van der Waals surface area (Å²) in [6, 6.07) is 11.5. The number of hydrogen-bond donors (Lipinski definition) is 2. The summed E-state index contributed by atoms with van der Waals surface area (Å²) in [6.07, 6.45) is 1.74. The van der Waals surface area contributed by atoms with E-state index < -0.39 is 0 Å². The molecule has 3 rings (SSSR count). The number of amides is 1. The molecule has 0 aliphatic heterocycles. The fourth-order valence-corrected chi connectivity index (χ4v) is 2.25. The predicted molar refractivity (Wildman–Crippen MR) is 84.6 cm³/mol. The molecule has 0 aliphatic carbocycles. The van der Waals surface area contributed by atoms with Gasteiger partial charge in [-0.2, -0.15) is 10.2 Å². The Labute approximate surface area is 128 Å². The fourth-order valence-electron chi connectivity index (χ4n) is 2.25. The molecule has 0 unspecified atom stereocenters. The van der Waals surface area contributed by atoms with Gasteiger partial charge in [-0.25, -0.2) is 4.68 Å². The summed E-state index contributed by atoms with van der Waals surface area (Å²) >= 11 is 0. The average Bonchev–Trinajstić information content (AvgIpc) is 3.16. The van der Waals surface area contributed by atoms with Crippen LogP contribution in [0.4, 0.5) is 5.82 Å².